The third kappa shape index (κ3) is 1.67. The molecule has 1 N–H and O–H groups in total. The minimum Gasteiger partial charge on any atom is -0.392 e. The van der Waals surface area contributed by atoms with Crippen molar-refractivity contribution < 1.29 is 9.90 Å². The van der Waals surface area contributed by atoms with Gasteiger partial charge in [0.15, 0.2) is 0 Å². The molecule has 0 bridgehead atoms. The topological polar surface area (TPSA) is 37.3 Å². The van der Waals surface area contributed by atoms with Crippen molar-refractivity contribution in [2.75, 3.05) is 6.61 Å². The van der Waals surface area contributed by atoms with Gasteiger partial charge < -0.3 is 5.11 Å². The lowest BCUT2D eigenvalue weighted by Crippen LogP contribution is -1.85. The Bertz CT molecular complexity index is 65.9. The molecule has 33 valence electrons. The Balaban J connectivity index is 3.23. The molecule has 0 aromatic rings. The van der Waals surface area contributed by atoms with Crippen LogP contribution in [0, 0.1) is 0 Å². The molecular weight excluding hydrogens is 80.0 g/mol. The Morgan fingerprint density at radius 2 is 2.50 bits per heavy atom. The minimum atomic E-state index is -0.288. The molecular formula is C4H5O2. The number of aliphatic hydroxyl groups is 1. The molecule has 0 aliphatic rings. The largest absolute Gasteiger partial charge is 0.392 e. The van der Waals surface area contributed by atoms with Crippen LogP contribution in [0.4, 0.5) is 0 Å². The van der Waals surface area contributed by atoms with Crippen molar-refractivity contribution in [3.8, 4) is 0 Å². The molecule has 0 aliphatic heterocycles. The lowest BCUT2D eigenvalue weighted by molar-refractivity contribution is 0.336. The average molecular weight is 85.1 g/mol. The number of hydrogen-bond acceptors (Lipinski definition) is 2. The van der Waals surface area contributed by atoms with Crippen molar-refractivity contribution in [2.24, 2.45) is 0 Å². The van der Waals surface area contributed by atoms with Crippen LogP contribution in [0.2, 0.25) is 0 Å². The third-order valence-corrected chi connectivity index (χ3v) is 0.335. The van der Waals surface area contributed by atoms with Crippen LogP contribution in [0.3, 0.4) is 0 Å². The van der Waals surface area contributed by atoms with E-state index in [4.69, 9.17) is 5.11 Å². The zero-order valence-corrected chi connectivity index (χ0v) is 3.27. The molecule has 0 aliphatic carbocycles. The second-order valence-corrected chi connectivity index (χ2v) is 0.864. The molecule has 0 unspecified atom stereocenters. The molecule has 0 aromatic carbocycles. The summed E-state index contributed by atoms with van der Waals surface area (Å²) in [6.07, 6.45) is 1.42. The molecule has 0 atom stereocenters. The van der Waals surface area contributed by atoms with Gasteiger partial charge >= 0.3 is 0 Å². The molecule has 0 saturated carbocycles. The molecule has 0 rings (SSSR count). The van der Waals surface area contributed by atoms with Crippen molar-refractivity contribution in [3.05, 3.63) is 12.2 Å². The van der Waals surface area contributed by atoms with Crippen molar-refractivity contribution >= 4 is 6.29 Å². The number of carbonyl (C=O) groups excluding carboxylic acids is 1. The van der Waals surface area contributed by atoms with Crippen molar-refractivity contribution in [3.63, 3.8) is 0 Å². The summed E-state index contributed by atoms with van der Waals surface area (Å²) in [7, 11) is 0. The molecule has 0 fully saturated rings. The first-order valence-electron chi connectivity index (χ1n) is 1.48. The Labute approximate surface area is 36.1 Å². The van der Waals surface area contributed by atoms with Crippen LogP contribution in [-0.2, 0) is 4.79 Å². The minimum absolute atomic E-state index is 0.0926. The molecule has 0 heterocycles. The van der Waals surface area contributed by atoms with Gasteiger partial charge in [0.1, 0.15) is 0 Å². The van der Waals surface area contributed by atoms with Crippen LogP contribution in [0.5, 0.6) is 0 Å². The second kappa shape index (κ2) is 2.60. The van der Waals surface area contributed by atoms with Crippen LogP contribution >= 0.6 is 0 Å². The van der Waals surface area contributed by atoms with Crippen LogP contribution in [0.15, 0.2) is 12.2 Å². The van der Waals surface area contributed by atoms with Gasteiger partial charge in [0.25, 0.3) is 0 Å². The fourth-order valence-corrected chi connectivity index (χ4v) is 0.0323. The number of rotatable bonds is 2. The molecule has 0 spiro atoms. The Morgan fingerprint density at radius 1 is 2.00 bits per heavy atom. The van der Waals surface area contributed by atoms with E-state index >= 15 is 0 Å². The highest BCUT2D eigenvalue weighted by atomic mass is 16.3. The molecule has 0 saturated heterocycles. The van der Waals surface area contributed by atoms with Gasteiger partial charge in [0.2, 0.25) is 6.29 Å². The summed E-state index contributed by atoms with van der Waals surface area (Å²) in [5.41, 5.74) is 0.0926. The predicted molar refractivity (Wildman–Crippen MR) is 21.9 cm³/mol. The maximum absolute atomic E-state index is 9.35. The van der Waals surface area contributed by atoms with Gasteiger partial charge in [0, 0.05) is 5.57 Å². The molecule has 2 nitrogen and oxygen atoms in total. The quantitative estimate of drug-likeness (QED) is 0.465. The maximum Gasteiger partial charge on any atom is 0.230 e. The lowest BCUT2D eigenvalue weighted by atomic mass is 10.4. The molecule has 6 heavy (non-hydrogen) atoms. The number of aliphatic hydroxyl groups excluding tert-OH is 1. The first kappa shape index (κ1) is 5.37. The van der Waals surface area contributed by atoms with E-state index in [0.717, 1.165) is 0 Å². The van der Waals surface area contributed by atoms with Crippen LogP contribution in [0.1, 0.15) is 0 Å². The standard InChI is InChI=1S/C4H5O2/c1-4(2-5)3-6/h5H,1-2H2. The first-order valence-corrected chi connectivity index (χ1v) is 1.48. The summed E-state index contributed by atoms with van der Waals surface area (Å²) in [5, 5.41) is 7.97. The second-order valence-electron chi connectivity index (χ2n) is 0.864. The Kier molecular flexibility index (Phi) is 2.33. The highest BCUT2D eigenvalue weighted by molar-refractivity contribution is 5.72. The van der Waals surface area contributed by atoms with Gasteiger partial charge in [-0.15, -0.1) is 0 Å². The van der Waals surface area contributed by atoms with Gasteiger partial charge in [-0.05, 0) is 0 Å². The average Bonchev–Trinajstić information content (AvgIpc) is 1.65. The Hall–Kier alpha value is -0.630. The van der Waals surface area contributed by atoms with E-state index in [1.807, 2.05) is 0 Å². The van der Waals surface area contributed by atoms with Gasteiger partial charge in [-0.2, -0.15) is 0 Å². The molecule has 0 aromatic heterocycles. The summed E-state index contributed by atoms with van der Waals surface area (Å²) in [6.45, 7) is 2.83. The van der Waals surface area contributed by atoms with Crippen molar-refractivity contribution in [1.82, 2.24) is 0 Å². The van der Waals surface area contributed by atoms with Gasteiger partial charge in [0.05, 0.1) is 6.61 Å². The summed E-state index contributed by atoms with van der Waals surface area (Å²) >= 11 is 0. The number of hydrogen-bond donors (Lipinski definition) is 1. The van der Waals surface area contributed by atoms with E-state index < -0.39 is 0 Å². The Morgan fingerprint density at radius 3 is 2.50 bits per heavy atom. The van der Waals surface area contributed by atoms with E-state index in [2.05, 4.69) is 6.58 Å². The highest BCUT2D eigenvalue weighted by Gasteiger charge is 1.81. The maximum atomic E-state index is 9.35. The molecule has 1 radical (unpaired) electrons. The fourth-order valence-electron chi connectivity index (χ4n) is 0.0323. The van der Waals surface area contributed by atoms with Crippen LogP contribution < -0.4 is 0 Å². The van der Waals surface area contributed by atoms with Crippen LogP contribution in [-0.4, -0.2) is 18.0 Å². The monoisotopic (exact) mass is 85.0 g/mol. The first-order chi connectivity index (χ1) is 2.81. The zero-order chi connectivity index (χ0) is 4.99. The van der Waals surface area contributed by atoms with Gasteiger partial charge in [-0.25, -0.2) is 0 Å². The summed E-state index contributed by atoms with van der Waals surface area (Å²) in [4.78, 5) is 9.35. The van der Waals surface area contributed by atoms with E-state index in [0.29, 0.717) is 0 Å². The summed E-state index contributed by atoms with van der Waals surface area (Å²) in [5.74, 6) is 0. The van der Waals surface area contributed by atoms with E-state index in [1.54, 1.807) is 0 Å². The predicted octanol–water partition coefficient (Wildman–Crippen LogP) is -0.355. The van der Waals surface area contributed by atoms with E-state index in [9.17, 15) is 4.79 Å². The zero-order valence-electron chi connectivity index (χ0n) is 3.27. The SMILES string of the molecule is C=C([C]=O)CO. The normalized spacial score (nSPS) is 7.50. The van der Waals surface area contributed by atoms with Gasteiger partial charge in [-0.1, -0.05) is 6.58 Å². The van der Waals surface area contributed by atoms with E-state index in [-0.39, 0.29) is 12.2 Å². The fraction of sp³-hybridized carbons (Fsp3) is 0.250. The summed E-state index contributed by atoms with van der Waals surface area (Å²) < 4.78 is 0. The van der Waals surface area contributed by atoms with Crippen molar-refractivity contribution in [1.29, 1.82) is 0 Å². The summed E-state index contributed by atoms with van der Waals surface area (Å²) in [6, 6.07) is 0. The lowest BCUT2D eigenvalue weighted by Gasteiger charge is -1.77. The van der Waals surface area contributed by atoms with Crippen molar-refractivity contribution in [2.45, 2.75) is 0 Å². The molecule has 0 amide bonds. The van der Waals surface area contributed by atoms with Gasteiger partial charge in [-0.3, -0.25) is 4.79 Å². The molecule has 2 heteroatoms. The third-order valence-electron chi connectivity index (χ3n) is 0.335. The smallest absolute Gasteiger partial charge is 0.230 e. The van der Waals surface area contributed by atoms with Crippen LogP contribution in [0.25, 0.3) is 0 Å². The van der Waals surface area contributed by atoms with E-state index in [1.165, 1.54) is 6.29 Å². The highest BCUT2D eigenvalue weighted by Crippen LogP contribution is 1.74.